The number of H-pyrrole nitrogens is 2. The highest BCUT2D eigenvalue weighted by molar-refractivity contribution is 14.1. The minimum atomic E-state index is -0.750. The van der Waals surface area contributed by atoms with Gasteiger partial charge in [-0.15, -0.1) is 0 Å². The van der Waals surface area contributed by atoms with Crippen molar-refractivity contribution >= 4 is 49.6 Å². The van der Waals surface area contributed by atoms with E-state index in [1.54, 1.807) is 12.1 Å². The van der Waals surface area contributed by atoms with Gasteiger partial charge >= 0.3 is 5.69 Å². The van der Waals surface area contributed by atoms with Gasteiger partial charge in [0.2, 0.25) is 0 Å². The number of nitrogens with one attached hydrogen (secondary N) is 2. The van der Waals surface area contributed by atoms with Gasteiger partial charge < -0.3 is 15.1 Å². The summed E-state index contributed by atoms with van der Waals surface area (Å²) >= 11 is 5.65. The van der Waals surface area contributed by atoms with Crippen molar-refractivity contribution in [3.8, 4) is 0 Å². The second-order valence-electron chi connectivity index (χ2n) is 4.42. The molecule has 0 saturated heterocycles. The van der Waals surface area contributed by atoms with Crippen LogP contribution in [0.2, 0.25) is 0 Å². The number of aliphatic hydroxyl groups excluding tert-OH is 1. The summed E-state index contributed by atoms with van der Waals surface area (Å²) in [6, 6.07) is 11.2. The Morgan fingerprint density at radius 3 is 2.45 bits per heavy atom. The van der Waals surface area contributed by atoms with E-state index in [9.17, 15) is 9.90 Å². The summed E-state index contributed by atoms with van der Waals surface area (Å²) < 4.78 is 1.75. The van der Waals surface area contributed by atoms with Crippen LogP contribution in [0.3, 0.4) is 0 Å². The molecule has 0 aliphatic rings. The topological polar surface area (TPSA) is 68.9 Å². The van der Waals surface area contributed by atoms with Crippen molar-refractivity contribution in [2.24, 2.45) is 0 Å². The third kappa shape index (κ3) is 2.43. The van der Waals surface area contributed by atoms with Crippen molar-refractivity contribution in [2.45, 2.75) is 6.10 Å². The number of aliphatic hydroxyl groups is 1. The van der Waals surface area contributed by atoms with Gasteiger partial charge in [0.1, 0.15) is 6.10 Å². The van der Waals surface area contributed by atoms with E-state index in [1.807, 2.05) is 24.3 Å². The highest BCUT2D eigenvalue weighted by Gasteiger charge is 2.17. The number of fused-ring (bicyclic) bond motifs is 1. The lowest BCUT2D eigenvalue weighted by Gasteiger charge is -2.15. The molecule has 3 rings (SSSR count). The zero-order valence-electron chi connectivity index (χ0n) is 10.2. The van der Waals surface area contributed by atoms with Gasteiger partial charge in [0.25, 0.3) is 0 Å². The average Bonchev–Trinajstić information content (AvgIpc) is 2.76. The summed E-state index contributed by atoms with van der Waals surface area (Å²) in [7, 11) is 0. The van der Waals surface area contributed by atoms with Crippen molar-refractivity contribution in [1.29, 1.82) is 0 Å². The maximum Gasteiger partial charge on any atom is 0.323 e. The van der Waals surface area contributed by atoms with Crippen LogP contribution in [0.5, 0.6) is 0 Å². The van der Waals surface area contributed by atoms with Gasteiger partial charge in [-0.3, -0.25) is 0 Å². The van der Waals surface area contributed by atoms with Crippen LogP contribution in [0.1, 0.15) is 17.2 Å². The number of rotatable bonds is 2. The molecule has 1 atom stereocenters. The Balaban J connectivity index is 2.16. The monoisotopic (exact) mass is 444 g/mol. The minimum absolute atomic E-state index is 0.257. The Bertz CT molecular complexity index is 841. The first-order chi connectivity index (χ1) is 9.56. The molecule has 0 bridgehead atoms. The average molecular weight is 445 g/mol. The summed E-state index contributed by atoms with van der Waals surface area (Å²) in [5.41, 5.74) is 2.69. The lowest BCUT2D eigenvalue weighted by molar-refractivity contribution is 0.219. The molecule has 3 aromatic rings. The van der Waals surface area contributed by atoms with Crippen LogP contribution in [0.4, 0.5) is 0 Å². The number of hydrogen-bond donors (Lipinski definition) is 3. The second-order valence-corrected chi connectivity index (χ2v) is 6.44. The molecule has 0 saturated carbocycles. The standard InChI is InChI=1S/C14H10BrIN2O2/c15-9-6-12-11(17-14(20)18-12)5-8(9)13(19)7-3-1-2-4-10(7)16/h1-6,13,19H,(H2,17,18,20). The largest absolute Gasteiger partial charge is 0.384 e. The van der Waals surface area contributed by atoms with Gasteiger partial charge in [0.15, 0.2) is 0 Å². The lowest BCUT2D eigenvalue weighted by atomic mass is 10.0. The summed E-state index contributed by atoms with van der Waals surface area (Å²) in [6.45, 7) is 0. The molecule has 102 valence electrons. The molecule has 20 heavy (non-hydrogen) atoms. The molecule has 3 N–H and O–H groups in total. The van der Waals surface area contributed by atoms with Crippen molar-refractivity contribution in [3.05, 3.63) is 66.1 Å². The van der Waals surface area contributed by atoms with Crippen LogP contribution in [0.15, 0.2) is 45.7 Å². The van der Waals surface area contributed by atoms with Crippen LogP contribution >= 0.6 is 38.5 Å². The van der Waals surface area contributed by atoms with Crippen LogP contribution in [0, 0.1) is 3.57 Å². The molecule has 0 aliphatic carbocycles. The van der Waals surface area contributed by atoms with E-state index in [-0.39, 0.29) is 5.69 Å². The number of hydrogen-bond acceptors (Lipinski definition) is 2. The second kappa shape index (κ2) is 5.34. The first-order valence-electron chi connectivity index (χ1n) is 5.90. The molecule has 1 unspecified atom stereocenters. The Morgan fingerprint density at radius 1 is 1.10 bits per heavy atom. The molecule has 1 heterocycles. The quantitative estimate of drug-likeness (QED) is 0.531. The van der Waals surface area contributed by atoms with Crippen LogP contribution in [-0.4, -0.2) is 15.1 Å². The van der Waals surface area contributed by atoms with Crippen molar-refractivity contribution in [1.82, 2.24) is 9.97 Å². The number of aromatic nitrogens is 2. The first kappa shape index (κ1) is 13.8. The molecule has 6 heteroatoms. The van der Waals surface area contributed by atoms with E-state index >= 15 is 0 Å². The van der Waals surface area contributed by atoms with Crippen molar-refractivity contribution in [3.63, 3.8) is 0 Å². The number of imidazole rings is 1. The van der Waals surface area contributed by atoms with Crippen molar-refractivity contribution < 1.29 is 5.11 Å². The molecule has 1 aromatic heterocycles. The third-order valence-corrected chi connectivity index (χ3v) is 4.80. The van der Waals surface area contributed by atoms with Crippen LogP contribution in [0.25, 0.3) is 11.0 Å². The molecule has 0 aliphatic heterocycles. The van der Waals surface area contributed by atoms with Gasteiger partial charge in [-0.25, -0.2) is 4.79 Å². The van der Waals surface area contributed by atoms with Gasteiger partial charge in [0, 0.05) is 13.6 Å². The molecule has 0 spiro atoms. The highest BCUT2D eigenvalue weighted by Crippen LogP contribution is 2.32. The van der Waals surface area contributed by atoms with E-state index in [0.717, 1.165) is 19.2 Å². The smallest absolute Gasteiger partial charge is 0.323 e. The summed E-state index contributed by atoms with van der Waals surface area (Å²) in [6.07, 6.45) is -0.750. The maximum absolute atomic E-state index is 11.3. The summed E-state index contributed by atoms with van der Waals surface area (Å²) in [4.78, 5) is 16.7. The Kier molecular flexibility index (Phi) is 3.70. The van der Waals surface area contributed by atoms with Crippen LogP contribution < -0.4 is 5.69 Å². The van der Waals surface area contributed by atoms with Gasteiger partial charge in [-0.1, -0.05) is 34.1 Å². The van der Waals surface area contributed by atoms with E-state index in [4.69, 9.17) is 0 Å². The van der Waals surface area contributed by atoms with E-state index < -0.39 is 6.10 Å². The normalized spacial score (nSPS) is 12.8. The summed E-state index contributed by atoms with van der Waals surface area (Å²) in [5.74, 6) is 0. The number of benzene rings is 2. The molecular formula is C14H10BrIN2O2. The predicted molar refractivity (Wildman–Crippen MR) is 89.8 cm³/mol. The highest BCUT2D eigenvalue weighted by atomic mass is 127. The number of halogens is 2. The van der Waals surface area contributed by atoms with Crippen molar-refractivity contribution in [2.75, 3.05) is 0 Å². The van der Waals surface area contributed by atoms with E-state index in [1.165, 1.54) is 0 Å². The molecule has 0 fully saturated rings. The predicted octanol–water partition coefficient (Wildman–Crippen LogP) is 3.31. The Hall–Kier alpha value is -1.12. The maximum atomic E-state index is 11.3. The third-order valence-electron chi connectivity index (χ3n) is 3.13. The van der Waals surface area contributed by atoms with Gasteiger partial charge in [0.05, 0.1) is 11.0 Å². The lowest BCUT2D eigenvalue weighted by Crippen LogP contribution is -2.03. The van der Waals surface area contributed by atoms with E-state index in [0.29, 0.717) is 11.0 Å². The fourth-order valence-corrected chi connectivity index (χ4v) is 3.39. The molecule has 0 amide bonds. The molecule has 0 radical (unpaired) electrons. The zero-order chi connectivity index (χ0) is 14.3. The van der Waals surface area contributed by atoms with Gasteiger partial charge in [-0.2, -0.15) is 0 Å². The fraction of sp³-hybridized carbons (Fsp3) is 0.0714. The Morgan fingerprint density at radius 2 is 1.75 bits per heavy atom. The van der Waals surface area contributed by atoms with Crippen LogP contribution in [-0.2, 0) is 0 Å². The van der Waals surface area contributed by atoms with E-state index in [2.05, 4.69) is 48.5 Å². The number of aromatic amines is 2. The molecule has 2 aromatic carbocycles. The van der Waals surface area contributed by atoms with Gasteiger partial charge in [-0.05, 0) is 46.4 Å². The Labute approximate surface area is 136 Å². The summed E-state index contributed by atoms with van der Waals surface area (Å²) in [5, 5.41) is 10.6. The fourth-order valence-electron chi connectivity index (χ4n) is 2.15. The zero-order valence-corrected chi connectivity index (χ0v) is 13.9. The first-order valence-corrected chi connectivity index (χ1v) is 7.77. The minimum Gasteiger partial charge on any atom is -0.384 e. The molecule has 4 nitrogen and oxygen atoms in total. The SMILES string of the molecule is O=c1[nH]c2cc(Br)c(C(O)c3ccccc3I)cc2[nH]1. The molecular weight excluding hydrogens is 435 g/mol.